The van der Waals surface area contributed by atoms with Gasteiger partial charge in [-0.3, -0.25) is 10.2 Å². The molecule has 19 heavy (non-hydrogen) atoms. The largest absolute Gasteiger partial charge is 0.508 e. The summed E-state index contributed by atoms with van der Waals surface area (Å²) in [6, 6.07) is 2.83. The van der Waals surface area contributed by atoms with Crippen LogP contribution in [-0.2, 0) is 11.2 Å². The lowest BCUT2D eigenvalue weighted by Crippen LogP contribution is -2.46. The molecule has 1 rings (SSSR count). The maximum Gasteiger partial charge on any atom is 0.186 e. The van der Waals surface area contributed by atoms with Gasteiger partial charge >= 0.3 is 0 Å². The number of ketones is 1. The molecule has 5 nitrogen and oxygen atoms in total. The van der Waals surface area contributed by atoms with E-state index in [1.165, 1.54) is 0 Å². The Morgan fingerprint density at radius 1 is 1.47 bits per heavy atom. The van der Waals surface area contributed by atoms with E-state index in [1.807, 2.05) is 36.4 Å². The molecule has 0 aliphatic heterocycles. The molecule has 0 unspecified atom stereocenters. The molecule has 6 heteroatoms. The van der Waals surface area contributed by atoms with E-state index in [1.54, 1.807) is 12.1 Å². The fourth-order valence-electron chi connectivity index (χ4n) is 2.02. The second kappa shape index (κ2) is 6.74. The van der Waals surface area contributed by atoms with Crippen LogP contribution in [0.1, 0.15) is 16.7 Å². The highest BCUT2D eigenvalue weighted by molar-refractivity contribution is 14.1. The van der Waals surface area contributed by atoms with Crippen LogP contribution in [0.4, 0.5) is 0 Å². The number of phenolic OH excluding ortho intramolecular Hbond substituents is 1. The molecule has 5 N–H and O–H groups in total. The van der Waals surface area contributed by atoms with E-state index in [9.17, 15) is 9.90 Å². The highest BCUT2D eigenvalue weighted by atomic mass is 127. The lowest BCUT2D eigenvalue weighted by Gasteiger charge is -2.19. The molecule has 0 heterocycles. The lowest BCUT2D eigenvalue weighted by atomic mass is 9.94. The number of Topliss-reactive ketones (excluding diaryl/α,β-unsaturated/α-hetero) is 1. The van der Waals surface area contributed by atoms with Crippen molar-refractivity contribution in [3.63, 3.8) is 0 Å². The molecule has 0 aliphatic carbocycles. The van der Waals surface area contributed by atoms with E-state index in [4.69, 9.17) is 11.1 Å². The van der Waals surface area contributed by atoms with Crippen LogP contribution in [-0.4, -0.2) is 27.3 Å². The van der Waals surface area contributed by atoms with Crippen LogP contribution in [0, 0.1) is 19.3 Å². The molecule has 1 aromatic carbocycles. The number of aromatic hydroxyl groups is 1. The Bertz CT molecular complexity index is 480. The quantitative estimate of drug-likeness (QED) is 0.271. The first kappa shape index (κ1) is 15.7. The van der Waals surface area contributed by atoms with Crippen LogP contribution in [0.15, 0.2) is 12.1 Å². The number of carbonyl (C=O) groups is 1. The van der Waals surface area contributed by atoms with E-state index in [-0.39, 0.29) is 17.5 Å². The standard InChI is InChI=1S/C13H18IN3O2/c1-7-3-9(18)4-8(2)10(7)5-11(12(19)6-14)17-13(15)16/h3-4,11,18H,5-6H2,1-2H3,(H4,15,16,17)/t11-/m0/s1. The van der Waals surface area contributed by atoms with E-state index in [2.05, 4.69) is 5.32 Å². The number of halogens is 1. The van der Waals surface area contributed by atoms with E-state index in [0.717, 1.165) is 16.7 Å². The van der Waals surface area contributed by atoms with Crippen LogP contribution in [0.3, 0.4) is 0 Å². The SMILES string of the molecule is Cc1cc(O)cc(C)c1C[C@H](NC(=N)N)C(=O)CI. The summed E-state index contributed by atoms with van der Waals surface area (Å²) >= 11 is 2.00. The zero-order valence-electron chi connectivity index (χ0n) is 11.0. The van der Waals surface area contributed by atoms with Gasteiger partial charge < -0.3 is 16.2 Å². The number of hydrogen-bond donors (Lipinski definition) is 4. The van der Waals surface area contributed by atoms with Crippen molar-refractivity contribution < 1.29 is 9.90 Å². The van der Waals surface area contributed by atoms with Gasteiger partial charge in [0.05, 0.1) is 10.5 Å². The zero-order chi connectivity index (χ0) is 14.6. The van der Waals surface area contributed by atoms with Gasteiger partial charge in [-0.05, 0) is 42.7 Å². The average Bonchev–Trinajstić information content (AvgIpc) is 2.30. The Morgan fingerprint density at radius 2 is 2.00 bits per heavy atom. The number of carbonyl (C=O) groups excluding carboxylic acids is 1. The molecule has 0 spiro atoms. The van der Waals surface area contributed by atoms with Crippen LogP contribution in [0.2, 0.25) is 0 Å². The van der Waals surface area contributed by atoms with Gasteiger partial charge in [0.1, 0.15) is 5.75 Å². The highest BCUT2D eigenvalue weighted by Crippen LogP contribution is 2.22. The minimum Gasteiger partial charge on any atom is -0.508 e. The molecule has 1 aromatic rings. The minimum atomic E-state index is -0.503. The number of nitrogens with one attached hydrogen (secondary N) is 2. The van der Waals surface area contributed by atoms with E-state index < -0.39 is 6.04 Å². The summed E-state index contributed by atoms with van der Waals surface area (Å²) in [4.78, 5) is 11.9. The normalized spacial score (nSPS) is 11.9. The monoisotopic (exact) mass is 375 g/mol. The summed E-state index contributed by atoms with van der Waals surface area (Å²) in [6.07, 6.45) is 0.458. The molecule has 1 atom stereocenters. The number of rotatable bonds is 5. The summed E-state index contributed by atoms with van der Waals surface area (Å²) in [5, 5.41) is 19.5. The average molecular weight is 375 g/mol. The van der Waals surface area contributed by atoms with Gasteiger partial charge in [0.25, 0.3) is 0 Å². The summed E-state index contributed by atoms with van der Waals surface area (Å²) in [5.74, 6) is 0.00926. The van der Waals surface area contributed by atoms with Crippen LogP contribution < -0.4 is 11.1 Å². The molecule has 0 radical (unpaired) electrons. The second-order valence-electron chi connectivity index (χ2n) is 4.47. The Hall–Kier alpha value is -1.31. The van der Waals surface area contributed by atoms with Crippen molar-refractivity contribution >= 4 is 34.3 Å². The molecule has 0 saturated carbocycles. The number of guanidine groups is 1. The van der Waals surface area contributed by atoms with Crippen molar-refractivity contribution in [1.29, 1.82) is 5.41 Å². The number of phenols is 1. The summed E-state index contributed by atoms with van der Waals surface area (Å²) in [7, 11) is 0. The van der Waals surface area contributed by atoms with Crippen molar-refractivity contribution in [2.75, 3.05) is 4.43 Å². The number of benzene rings is 1. The van der Waals surface area contributed by atoms with Crippen molar-refractivity contribution in [3.8, 4) is 5.75 Å². The predicted molar refractivity (Wildman–Crippen MR) is 84.0 cm³/mol. The molecule has 0 aromatic heterocycles. The number of alkyl halides is 1. The van der Waals surface area contributed by atoms with Gasteiger partial charge in [-0.1, -0.05) is 22.6 Å². The van der Waals surface area contributed by atoms with Crippen molar-refractivity contribution in [2.24, 2.45) is 5.73 Å². The topological polar surface area (TPSA) is 99.2 Å². The van der Waals surface area contributed by atoms with Gasteiger partial charge in [0.15, 0.2) is 11.7 Å². The van der Waals surface area contributed by atoms with Gasteiger partial charge in [0.2, 0.25) is 0 Å². The van der Waals surface area contributed by atoms with Gasteiger partial charge in [0, 0.05) is 6.42 Å². The van der Waals surface area contributed by atoms with Crippen molar-refractivity contribution in [1.82, 2.24) is 5.32 Å². The minimum absolute atomic E-state index is 0.00248. The fourth-order valence-corrected chi connectivity index (χ4v) is 2.55. The summed E-state index contributed by atoms with van der Waals surface area (Å²) < 4.78 is 0.360. The van der Waals surface area contributed by atoms with Crippen LogP contribution in [0.25, 0.3) is 0 Å². The molecular weight excluding hydrogens is 357 g/mol. The van der Waals surface area contributed by atoms with E-state index in [0.29, 0.717) is 10.8 Å². The second-order valence-corrected chi connectivity index (χ2v) is 5.24. The highest BCUT2D eigenvalue weighted by Gasteiger charge is 2.20. The molecule has 0 saturated heterocycles. The third kappa shape index (κ3) is 4.38. The number of aryl methyl sites for hydroxylation is 2. The molecule has 0 bridgehead atoms. The van der Waals surface area contributed by atoms with Crippen molar-refractivity contribution in [3.05, 3.63) is 28.8 Å². The molecule has 0 fully saturated rings. The van der Waals surface area contributed by atoms with Crippen molar-refractivity contribution in [2.45, 2.75) is 26.3 Å². The van der Waals surface area contributed by atoms with Crippen LogP contribution in [0.5, 0.6) is 5.75 Å². The first-order valence-corrected chi connectivity index (χ1v) is 7.36. The molecule has 0 aliphatic rings. The Labute approximate surface area is 126 Å². The first-order chi connectivity index (χ1) is 8.85. The third-order valence-electron chi connectivity index (χ3n) is 2.94. The smallest absolute Gasteiger partial charge is 0.186 e. The number of hydrogen-bond acceptors (Lipinski definition) is 3. The fraction of sp³-hybridized carbons (Fsp3) is 0.385. The molecular formula is C13H18IN3O2. The Morgan fingerprint density at radius 3 is 2.42 bits per heavy atom. The maximum atomic E-state index is 11.9. The first-order valence-electron chi connectivity index (χ1n) is 5.83. The Balaban J connectivity index is 3.02. The molecule has 104 valence electrons. The summed E-state index contributed by atoms with van der Waals surface area (Å²) in [5.41, 5.74) is 8.16. The van der Waals surface area contributed by atoms with Gasteiger partial charge in [-0.25, -0.2) is 0 Å². The van der Waals surface area contributed by atoms with Crippen LogP contribution >= 0.6 is 22.6 Å². The summed E-state index contributed by atoms with van der Waals surface area (Å²) in [6.45, 7) is 3.78. The van der Waals surface area contributed by atoms with Gasteiger partial charge in [-0.2, -0.15) is 0 Å². The lowest BCUT2D eigenvalue weighted by molar-refractivity contribution is -0.118. The third-order valence-corrected chi connectivity index (χ3v) is 3.69. The predicted octanol–water partition coefficient (Wildman–Crippen LogP) is 1.41. The number of nitrogens with two attached hydrogens (primary N) is 1. The van der Waals surface area contributed by atoms with Gasteiger partial charge in [-0.15, -0.1) is 0 Å². The maximum absolute atomic E-state index is 11.9. The molecule has 0 amide bonds. The zero-order valence-corrected chi connectivity index (χ0v) is 13.1. The van der Waals surface area contributed by atoms with E-state index >= 15 is 0 Å². The Kier molecular flexibility index (Phi) is 5.59.